The topological polar surface area (TPSA) is 12.9 Å². The van der Waals surface area contributed by atoms with E-state index < -0.39 is 0 Å². The zero-order chi connectivity index (χ0) is 11.1. The van der Waals surface area contributed by atoms with Gasteiger partial charge in [-0.25, -0.2) is 4.98 Å². The molecule has 1 aliphatic rings. The summed E-state index contributed by atoms with van der Waals surface area (Å²) in [6, 6.07) is 8.46. The van der Waals surface area contributed by atoms with Gasteiger partial charge in [-0.3, -0.25) is 0 Å². The molecule has 2 heterocycles. The second-order valence-electron chi connectivity index (χ2n) is 4.50. The molecule has 0 saturated carbocycles. The van der Waals surface area contributed by atoms with Gasteiger partial charge in [0.25, 0.3) is 0 Å². The molecular weight excluding hydrogens is 214 g/mol. The average molecular weight is 229 g/mol. The predicted octanol–water partition coefficient (Wildman–Crippen LogP) is 3.97. The highest BCUT2D eigenvalue weighted by atomic mass is 32.2. The van der Waals surface area contributed by atoms with Gasteiger partial charge in [0.15, 0.2) is 0 Å². The molecule has 2 heteroatoms. The molecule has 1 nitrogen and oxygen atoms in total. The molecule has 1 aromatic heterocycles. The lowest BCUT2D eigenvalue weighted by atomic mass is 10.0. The number of aromatic nitrogens is 1. The normalized spacial score (nSPS) is 19.8. The second kappa shape index (κ2) is 3.77. The van der Waals surface area contributed by atoms with Gasteiger partial charge < -0.3 is 0 Å². The largest absolute Gasteiger partial charge is 0.241 e. The quantitative estimate of drug-likeness (QED) is 0.678. The summed E-state index contributed by atoms with van der Waals surface area (Å²) < 4.78 is 0. The molecule has 1 aliphatic heterocycles. The SMILES string of the molecule is Cc1c2c(nc3ccccc13)SC(C)CC2. The molecular formula is C14H15NS. The number of aryl methyl sites for hydroxylation is 1. The van der Waals surface area contributed by atoms with E-state index in [9.17, 15) is 0 Å². The van der Waals surface area contributed by atoms with Crippen molar-refractivity contribution in [2.45, 2.75) is 37.0 Å². The van der Waals surface area contributed by atoms with Gasteiger partial charge in [0.05, 0.1) is 5.52 Å². The van der Waals surface area contributed by atoms with E-state index in [1.807, 2.05) is 11.8 Å². The lowest BCUT2D eigenvalue weighted by molar-refractivity contribution is 0.763. The molecule has 1 atom stereocenters. The summed E-state index contributed by atoms with van der Waals surface area (Å²) in [5.41, 5.74) is 4.04. The van der Waals surface area contributed by atoms with E-state index in [2.05, 4.69) is 38.1 Å². The standard InChI is InChI=1S/C14H15NS/c1-9-7-8-12-10(2)11-5-3-4-6-13(11)15-14(12)16-9/h3-6,9H,7-8H2,1-2H3. The average Bonchev–Trinajstić information content (AvgIpc) is 2.29. The van der Waals surface area contributed by atoms with Crippen LogP contribution in [0.25, 0.3) is 10.9 Å². The highest BCUT2D eigenvalue weighted by Gasteiger charge is 2.20. The lowest BCUT2D eigenvalue weighted by Gasteiger charge is -2.22. The summed E-state index contributed by atoms with van der Waals surface area (Å²) in [5, 5.41) is 3.28. The molecule has 1 unspecified atom stereocenters. The minimum absolute atomic E-state index is 0.709. The lowest BCUT2D eigenvalue weighted by Crippen LogP contribution is -2.10. The van der Waals surface area contributed by atoms with Crippen LogP contribution in [-0.4, -0.2) is 10.2 Å². The van der Waals surface area contributed by atoms with Crippen LogP contribution in [0, 0.1) is 6.92 Å². The van der Waals surface area contributed by atoms with Crippen LogP contribution in [0.4, 0.5) is 0 Å². The van der Waals surface area contributed by atoms with E-state index in [4.69, 9.17) is 4.98 Å². The molecule has 82 valence electrons. The van der Waals surface area contributed by atoms with Crippen LogP contribution < -0.4 is 0 Å². The number of nitrogens with zero attached hydrogens (tertiary/aromatic N) is 1. The Kier molecular flexibility index (Phi) is 2.40. The van der Waals surface area contributed by atoms with Crippen LogP contribution in [-0.2, 0) is 6.42 Å². The number of thioether (sulfide) groups is 1. The third kappa shape index (κ3) is 1.52. The molecule has 0 spiro atoms. The molecule has 0 amide bonds. The van der Waals surface area contributed by atoms with Crippen LogP contribution in [0.2, 0.25) is 0 Å². The van der Waals surface area contributed by atoms with E-state index in [1.54, 1.807) is 0 Å². The highest BCUT2D eigenvalue weighted by molar-refractivity contribution is 7.99. The minimum Gasteiger partial charge on any atom is -0.241 e. The molecule has 0 fully saturated rings. The molecule has 2 aromatic rings. The number of benzene rings is 1. The van der Waals surface area contributed by atoms with Crippen molar-refractivity contribution < 1.29 is 0 Å². The predicted molar refractivity (Wildman–Crippen MR) is 70.1 cm³/mol. The van der Waals surface area contributed by atoms with Crippen molar-refractivity contribution in [2.75, 3.05) is 0 Å². The van der Waals surface area contributed by atoms with Crippen molar-refractivity contribution in [2.24, 2.45) is 0 Å². The van der Waals surface area contributed by atoms with Crippen molar-refractivity contribution in [1.29, 1.82) is 0 Å². The molecule has 3 rings (SSSR count). The maximum atomic E-state index is 4.79. The van der Waals surface area contributed by atoms with Gasteiger partial charge in [-0.1, -0.05) is 25.1 Å². The summed E-state index contributed by atoms with van der Waals surface area (Å²) in [7, 11) is 0. The van der Waals surface area contributed by atoms with Crippen LogP contribution in [0.5, 0.6) is 0 Å². The Hall–Kier alpha value is -1.02. The maximum absolute atomic E-state index is 4.79. The first kappa shape index (κ1) is 10.2. The molecule has 0 bridgehead atoms. The summed E-state index contributed by atoms with van der Waals surface area (Å²) in [5.74, 6) is 0. The third-order valence-corrected chi connectivity index (χ3v) is 4.55. The summed E-state index contributed by atoms with van der Waals surface area (Å²) in [4.78, 5) is 4.79. The Morgan fingerprint density at radius 1 is 1.31 bits per heavy atom. The zero-order valence-electron chi connectivity index (χ0n) is 9.66. The fraction of sp³-hybridized carbons (Fsp3) is 0.357. The molecule has 1 aromatic carbocycles. The maximum Gasteiger partial charge on any atom is 0.100 e. The first-order chi connectivity index (χ1) is 7.75. The second-order valence-corrected chi connectivity index (χ2v) is 5.93. The van der Waals surface area contributed by atoms with Gasteiger partial charge in [-0.2, -0.15) is 0 Å². The highest BCUT2D eigenvalue weighted by Crippen LogP contribution is 2.37. The monoisotopic (exact) mass is 229 g/mol. The summed E-state index contributed by atoms with van der Waals surface area (Å²) in [6.45, 7) is 4.53. The van der Waals surface area contributed by atoms with Crippen LogP contribution in [0.15, 0.2) is 29.3 Å². The van der Waals surface area contributed by atoms with Gasteiger partial charge in [-0.15, -0.1) is 11.8 Å². The minimum atomic E-state index is 0.709. The van der Waals surface area contributed by atoms with E-state index in [-0.39, 0.29) is 0 Å². The number of hydrogen-bond acceptors (Lipinski definition) is 2. The van der Waals surface area contributed by atoms with Gasteiger partial charge in [-0.05, 0) is 37.0 Å². The zero-order valence-corrected chi connectivity index (χ0v) is 10.5. The Morgan fingerprint density at radius 2 is 2.12 bits per heavy atom. The number of rotatable bonds is 0. The van der Waals surface area contributed by atoms with Crippen molar-refractivity contribution in [3.63, 3.8) is 0 Å². The molecule has 16 heavy (non-hydrogen) atoms. The van der Waals surface area contributed by atoms with Crippen LogP contribution in [0.1, 0.15) is 24.5 Å². The molecule has 0 saturated heterocycles. The Balaban J connectivity index is 2.29. The fourth-order valence-corrected chi connectivity index (χ4v) is 3.54. The number of pyridine rings is 1. The first-order valence-electron chi connectivity index (χ1n) is 5.80. The van der Waals surface area contributed by atoms with Crippen LogP contribution >= 0.6 is 11.8 Å². The van der Waals surface area contributed by atoms with Crippen molar-refractivity contribution in [1.82, 2.24) is 4.98 Å². The fourth-order valence-electron chi connectivity index (χ4n) is 2.38. The van der Waals surface area contributed by atoms with E-state index in [0.717, 1.165) is 5.52 Å². The van der Waals surface area contributed by atoms with Gasteiger partial charge in [0.1, 0.15) is 5.03 Å². The van der Waals surface area contributed by atoms with Gasteiger partial charge >= 0.3 is 0 Å². The third-order valence-electron chi connectivity index (χ3n) is 3.35. The Morgan fingerprint density at radius 3 is 3.00 bits per heavy atom. The van der Waals surface area contributed by atoms with Crippen LogP contribution in [0.3, 0.4) is 0 Å². The van der Waals surface area contributed by atoms with Crippen molar-refractivity contribution in [3.05, 3.63) is 35.4 Å². The van der Waals surface area contributed by atoms with E-state index in [1.165, 1.54) is 34.4 Å². The van der Waals surface area contributed by atoms with Gasteiger partial charge in [0, 0.05) is 10.6 Å². The number of hydrogen-bond donors (Lipinski definition) is 0. The van der Waals surface area contributed by atoms with Crippen molar-refractivity contribution >= 4 is 22.7 Å². The Bertz CT molecular complexity index is 548. The van der Waals surface area contributed by atoms with E-state index in [0.29, 0.717) is 5.25 Å². The number of para-hydroxylation sites is 1. The molecule has 0 N–H and O–H groups in total. The smallest absolute Gasteiger partial charge is 0.100 e. The summed E-state index contributed by atoms with van der Waals surface area (Å²) in [6.07, 6.45) is 2.46. The van der Waals surface area contributed by atoms with Crippen molar-refractivity contribution in [3.8, 4) is 0 Å². The summed E-state index contributed by atoms with van der Waals surface area (Å²) >= 11 is 1.93. The molecule has 0 aliphatic carbocycles. The molecule has 0 radical (unpaired) electrons. The first-order valence-corrected chi connectivity index (χ1v) is 6.68. The number of fused-ring (bicyclic) bond motifs is 2. The Labute approximate surface area is 100 Å². The van der Waals surface area contributed by atoms with Gasteiger partial charge in [0.2, 0.25) is 0 Å². The van der Waals surface area contributed by atoms with E-state index >= 15 is 0 Å².